The fraction of sp³-hybridized carbons (Fsp3) is 0.529. The maximum absolute atomic E-state index is 13.4. The minimum Gasteiger partial charge on any atom is -0.356 e. The molecule has 1 fully saturated rings. The summed E-state index contributed by atoms with van der Waals surface area (Å²) < 4.78 is 13.4. The first-order valence-electron chi connectivity index (χ1n) is 7.87. The van der Waals surface area contributed by atoms with Gasteiger partial charge in [-0.05, 0) is 30.5 Å². The number of hydrogen-bond donors (Lipinski definition) is 2. The summed E-state index contributed by atoms with van der Waals surface area (Å²) in [5, 5.41) is 6.42. The lowest BCUT2D eigenvalue weighted by Gasteiger charge is -2.19. The summed E-state index contributed by atoms with van der Waals surface area (Å²) in [7, 11) is 5.18. The molecule has 1 aliphatic carbocycles. The summed E-state index contributed by atoms with van der Waals surface area (Å²) in [6.07, 6.45) is 2.50. The topological polar surface area (TPSA) is 56.7 Å². The quantitative estimate of drug-likeness (QED) is 0.617. The predicted molar refractivity (Wildman–Crippen MR) is 90.0 cm³/mol. The number of carbonyl (C=O) groups is 1. The van der Waals surface area contributed by atoms with Crippen LogP contribution >= 0.6 is 0 Å². The van der Waals surface area contributed by atoms with E-state index in [1.165, 1.54) is 6.07 Å². The van der Waals surface area contributed by atoms with Crippen molar-refractivity contribution in [3.05, 3.63) is 35.6 Å². The van der Waals surface area contributed by atoms with E-state index >= 15 is 0 Å². The van der Waals surface area contributed by atoms with Crippen LogP contribution in [-0.4, -0.2) is 51.0 Å². The van der Waals surface area contributed by atoms with Gasteiger partial charge in [0, 0.05) is 46.1 Å². The Hall–Kier alpha value is -2.11. The first kappa shape index (κ1) is 17.2. The molecule has 5 nitrogen and oxygen atoms in total. The normalized spacial score (nSPS) is 15.9. The van der Waals surface area contributed by atoms with Crippen molar-refractivity contribution in [1.82, 2.24) is 15.5 Å². The Bertz CT molecular complexity index is 582. The van der Waals surface area contributed by atoms with Crippen LogP contribution in [0.15, 0.2) is 29.3 Å². The van der Waals surface area contributed by atoms with Crippen LogP contribution in [0.25, 0.3) is 0 Å². The van der Waals surface area contributed by atoms with Crippen molar-refractivity contribution in [1.29, 1.82) is 0 Å². The zero-order valence-corrected chi connectivity index (χ0v) is 14.0. The van der Waals surface area contributed by atoms with Crippen molar-refractivity contribution >= 4 is 11.9 Å². The van der Waals surface area contributed by atoms with Gasteiger partial charge in [-0.2, -0.15) is 0 Å². The SMILES string of the molecule is CN=C(NCCC(=O)N(C)C)NCC1(c2cccc(F)c2)CC1. The van der Waals surface area contributed by atoms with E-state index < -0.39 is 0 Å². The van der Waals surface area contributed by atoms with Crippen LogP contribution < -0.4 is 10.6 Å². The van der Waals surface area contributed by atoms with Crippen molar-refractivity contribution in [2.24, 2.45) is 4.99 Å². The van der Waals surface area contributed by atoms with E-state index in [4.69, 9.17) is 0 Å². The Kier molecular flexibility index (Phi) is 5.58. The molecule has 0 atom stereocenters. The van der Waals surface area contributed by atoms with Crippen molar-refractivity contribution in [3.63, 3.8) is 0 Å². The fourth-order valence-corrected chi connectivity index (χ4v) is 2.52. The molecule has 1 aliphatic rings. The lowest BCUT2D eigenvalue weighted by atomic mass is 9.96. The van der Waals surface area contributed by atoms with Crippen molar-refractivity contribution in [2.45, 2.75) is 24.7 Å². The Labute approximate surface area is 137 Å². The molecule has 2 N–H and O–H groups in total. The van der Waals surface area contributed by atoms with Gasteiger partial charge in [-0.3, -0.25) is 9.79 Å². The van der Waals surface area contributed by atoms with Crippen molar-refractivity contribution in [2.75, 3.05) is 34.2 Å². The Balaban J connectivity index is 1.83. The molecule has 0 unspecified atom stereocenters. The van der Waals surface area contributed by atoms with Crippen molar-refractivity contribution in [3.8, 4) is 0 Å². The van der Waals surface area contributed by atoms with Crippen LogP contribution in [-0.2, 0) is 10.2 Å². The van der Waals surface area contributed by atoms with E-state index in [-0.39, 0.29) is 17.1 Å². The molecular weight excluding hydrogens is 295 g/mol. The molecule has 0 heterocycles. The standard InChI is InChI=1S/C17H25FN4O/c1-19-16(20-10-7-15(23)22(2)3)21-12-17(8-9-17)13-5-4-6-14(18)11-13/h4-6,11H,7-10,12H2,1-3H3,(H2,19,20,21). The summed E-state index contributed by atoms with van der Waals surface area (Å²) in [4.78, 5) is 17.3. The Morgan fingerprint density at radius 3 is 2.65 bits per heavy atom. The first-order chi connectivity index (χ1) is 11.0. The second kappa shape index (κ2) is 7.44. The summed E-state index contributed by atoms with van der Waals surface area (Å²) in [6, 6.07) is 6.81. The number of benzene rings is 1. The molecule has 1 aromatic carbocycles. The molecule has 0 spiro atoms. The summed E-state index contributed by atoms with van der Waals surface area (Å²) in [5.74, 6) is 0.545. The average molecular weight is 320 g/mol. The number of amides is 1. The van der Waals surface area contributed by atoms with Gasteiger partial charge in [0.05, 0.1) is 0 Å². The van der Waals surface area contributed by atoms with E-state index in [0.717, 1.165) is 18.4 Å². The summed E-state index contributed by atoms with van der Waals surface area (Å²) in [6.45, 7) is 1.24. The molecule has 2 rings (SSSR count). The Morgan fingerprint density at radius 1 is 1.35 bits per heavy atom. The van der Waals surface area contributed by atoms with E-state index in [9.17, 15) is 9.18 Å². The third-order valence-corrected chi connectivity index (χ3v) is 4.24. The number of guanidine groups is 1. The van der Waals surface area contributed by atoms with E-state index in [1.54, 1.807) is 38.2 Å². The van der Waals surface area contributed by atoms with Gasteiger partial charge in [-0.15, -0.1) is 0 Å². The third kappa shape index (κ3) is 4.68. The highest BCUT2D eigenvalue weighted by Gasteiger charge is 2.44. The molecule has 0 bridgehead atoms. The maximum Gasteiger partial charge on any atom is 0.223 e. The second-order valence-corrected chi connectivity index (χ2v) is 6.18. The number of nitrogens with zero attached hydrogens (tertiary/aromatic N) is 2. The highest BCUT2D eigenvalue weighted by atomic mass is 19.1. The predicted octanol–water partition coefficient (Wildman–Crippen LogP) is 1.50. The van der Waals surface area contributed by atoms with Gasteiger partial charge in [-0.25, -0.2) is 4.39 Å². The number of rotatable bonds is 6. The van der Waals surface area contributed by atoms with E-state index in [1.807, 2.05) is 6.07 Å². The monoisotopic (exact) mass is 320 g/mol. The largest absolute Gasteiger partial charge is 0.356 e. The molecule has 0 aliphatic heterocycles. The van der Waals surface area contributed by atoms with Crippen LogP contribution in [0.1, 0.15) is 24.8 Å². The van der Waals surface area contributed by atoms with Gasteiger partial charge in [0.25, 0.3) is 0 Å². The molecule has 6 heteroatoms. The number of hydrogen-bond acceptors (Lipinski definition) is 2. The van der Waals surface area contributed by atoms with Crippen LogP contribution in [0, 0.1) is 5.82 Å². The maximum atomic E-state index is 13.4. The smallest absolute Gasteiger partial charge is 0.223 e. The number of aliphatic imine (C=N–C) groups is 1. The average Bonchev–Trinajstić information content (AvgIpc) is 3.31. The Morgan fingerprint density at radius 2 is 2.09 bits per heavy atom. The number of carbonyl (C=O) groups excluding carboxylic acids is 1. The summed E-state index contributed by atoms with van der Waals surface area (Å²) >= 11 is 0. The molecule has 0 radical (unpaired) electrons. The van der Waals surface area contributed by atoms with Gasteiger partial charge in [-0.1, -0.05) is 12.1 Å². The van der Waals surface area contributed by atoms with Crippen LogP contribution in [0.2, 0.25) is 0 Å². The van der Waals surface area contributed by atoms with Crippen LogP contribution in [0.3, 0.4) is 0 Å². The highest BCUT2D eigenvalue weighted by molar-refractivity contribution is 5.81. The van der Waals surface area contributed by atoms with E-state index in [0.29, 0.717) is 25.5 Å². The van der Waals surface area contributed by atoms with E-state index in [2.05, 4.69) is 15.6 Å². The molecule has 126 valence electrons. The summed E-state index contributed by atoms with van der Waals surface area (Å²) in [5.41, 5.74) is 1.03. The molecule has 1 saturated carbocycles. The fourth-order valence-electron chi connectivity index (χ4n) is 2.52. The van der Waals surface area contributed by atoms with Crippen LogP contribution in [0.5, 0.6) is 0 Å². The number of nitrogens with one attached hydrogen (secondary N) is 2. The zero-order valence-electron chi connectivity index (χ0n) is 14.0. The van der Waals surface area contributed by atoms with Gasteiger partial charge < -0.3 is 15.5 Å². The van der Waals surface area contributed by atoms with Gasteiger partial charge in [0.15, 0.2) is 5.96 Å². The second-order valence-electron chi connectivity index (χ2n) is 6.18. The molecule has 23 heavy (non-hydrogen) atoms. The van der Waals surface area contributed by atoms with Crippen LogP contribution in [0.4, 0.5) is 4.39 Å². The lowest BCUT2D eigenvalue weighted by molar-refractivity contribution is -0.128. The molecule has 1 aromatic rings. The minimum absolute atomic E-state index is 0.000818. The molecule has 0 saturated heterocycles. The first-order valence-corrected chi connectivity index (χ1v) is 7.87. The van der Waals surface area contributed by atoms with Gasteiger partial charge in [0.1, 0.15) is 5.82 Å². The molecular formula is C17H25FN4O. The third-order valence-electron chi connectivity index (χ3n) is 4.24. The number of halogens is 1. The molecule has 1 amide bonds. The highest BCUT2D eigenvalue weighted by Crippen LogP contribution is 2.47. The van der Waals surface area contributed by atoms with Crippen molar-refractivity contribution < 1.29 is 9.18 Å². The van der Waals surface area contributed by atoms with Gasteiger partial charge in [0.2, 0.25) is 5.91 Å². The van der Waals surface area contributed by atoms with Gasteiger partial charge >= 0.3 is 0 Å². The zero-order chi connectivity index (χ0) is 16.9. The molecule has 0 aromatic heterocycles. The lowest BCUT2D eigenvalue weighted by Crippen LogP contribution is -2.42. The minimum atomic E-state index is -0.196.